The lowest BCUT2D eigenvalue weighted by atomic mass is 9.98. The second-order valence-electron chi connectivity index (χ2n) is 7.76. The molecule has 1 aliphatic heterocycles. The Labute approximate surface area is 179 Å². The van der Waals surface area contributed by atoms with E-state index in [2.05, 4.69) is 10.6 Å². The van der Waals surface area contributed by atoms with Crippen molar-refractivity contribution in [2.75, 3.05) is 18.5 Å². The monoisotopic (exact) mass is 421 g/mol. The van der Waals surface area contributed by atoms with Crippen molar-refractivity contribution in [3.63, 3.8) is 0 Å². The largest absolute Gasteiger partial charge is 0.454 e. The number of urea groups is 1. The molecule has 0 bridgehead atoms. The van der Waals surface area contributed by atoms with Crippen LogP contribution in [0, 0.1) is 0 Å². The third-order valence-electron chi connectivity index (χ3n) is 5.63. The smallest absolute Gasteiger partial charge is 0.326 e. The molecular weight excluding hydrogens is 398 g/mol. The fourth-order valence-electron chi connectivity index (χ4n) is 4.03. The van der Waals surface area contributed by atoms with Crippen molar-refractivity contribution in [1.82, 2.24) is 10.2 Å². The van der Waals surface area contributed by atoms with Crippen LogP contribution >= 0.6 is 0 Å². The van der Waals surface area contributed by atoms with Gasteiger partial charge in [0.1, 0.15) is 12.1 Å². The minimum Gasteiger partial charge on any atom is -0.454 e. The molecule has 1 aliphatic carbocycles. The van der Waals surface area contributed by atoms with Gasteiger partial charge in [-0.2, -0.15) is 0 Å². The maximum Gasteiger partial charge on any atom is 0.326 e. The van der Waals surface area contributed by atoms with Gasteiger partial charge in [-0.25, -0.2) is 4.79 Å². The molecule has 8 nitrogen and oxygen atoms in total. The first-order chi connectivity index (χ1) is 15.0. The summed E-state index contributed by atoms with van der Waals surface area (Å²) in [6.07, 6.45) is 2.87. The normalized spacial score (nSPS) is 17.0. The van der Waals surface area contributed by atoms with Crippen LogP contribution in [-0.4, -0.2) is 47.4 Å². The summed E-state index contributed by atoms with van der Waals surface area (Å²) in [4.78, 5) is 49.7. The Hall–Kier alpha value is -3.68. The van der Waals surface area contributed by atoms with E-state index < -0.39 is 42.5 Å². The number of amides is 4. The first-order valence-electron chi connectivity index (χ1n) is 10.2. The van der Waals surface area contributed by atoms with Crippen molar-refractivity contribution in [3.05, 3.63) is 54.6 Å². The van der Waals surface area contributed by atoms with Gasteiger partial charge in [0, 0.05) is 5.69 Å². The van der Waals surface area contributed by atoms with E-state index >= 15 is 0 Å². The number of nitrogens with one attached hydrogen (secondary N) is 2. The zero-order valence-electron chi connectivity index (χ0n) is 16.9. The molecule has 1 spiro atoms. The Morgan fingerprint density at radius 1 is 0.968 bits per heavy atom. The minimum atomic E-state index is -0.874. The molecule has 0 aromatic heterocycles. The summed E-state index contributed by atoms with van der Waals surface area (Å²) in [7, 11) is 0. The number of rotatable bonds is 6. The average molecular weight is 421 g/mol. The molecule has 8 heteroatoms. The molecule has 0 atom stereocenters. The van der Waals surface area contributed by atoms with Gasteiger partial charge in [0.15, 0.2) is 6.61 Å². The van der Waals surface area contributed by atoms with Crippen molar-refractivity contribution in [1.29, 1.82) is 0 Å². The lowest BCUT2D eigenvalue weighted by Crippen LogP contribution is -2.44. The molecule has 1 heterocycles. The van der Waals surface area contributed by atoms with Crippen LogP contribution in [0.3, 0.4) is 0 Å². The highest BCUT2D eigenvalue weighted by Gasteiger charge is 2.52. The van der Waals surface area contributed by atoms with Crippen molar-refractivity contribution in [3.8, 4) is 11.1 Å². The standard InChI is InChI=1S/C23H23N3O5/c27-19(24-18-10-8-17(9-11-18)16-6-2-1-3-7-16)15-31-20(28)14-26-21(29)23(25-22(26)30)12-4-5-13-23/h1-3,6-11H,4-5,12-15H2,(H,24,27)(H,25,30). The molecule has 4 amide bonds. The molecule has 2 aliphatic rings. The van der Waals surface area contributed by atoms with Crippen LogP contribution in [0.2, 0.25) is 0 Å². The van der Waals surface area contributed by atoms with Crippen LogP contribution in [0.15, 0.2) is 54.6 Å². The number of nitrogens with zero attached hydrogens (tertiary/aromatic N) is 1. The number of esters is 1. The SMILES string of the molecule is O=C(COC(=O)CN1C(=O)NC2(CCCC2)C1=O)Nc1ccc(-c2ccccc2)cc1. The molecular formula is C23H23N3O5. The third-order valence-corrected chi connectivity index (χ3v) is 5.63. The summed E-state index contributed by atoms with van der Waals surface area (Å²) in [6.45, 7) is -1.01. The Balaban J connectivity index is 1.26. The molecule has 1 saturated heterocycles. The lowest BCUT2D eigenvalue weighted by molar-refractivity contribution is -0.150. The summed E-state index contributed by atoms with van der Waals surface area (Å²) >= 11 is 0. The van der Waals surface area contributed by atoms with Gasteiger partial charge in [0.25, 0.3) is 11.8 Å². The van der Waals surface area contributed by atoms with E-state index in [1.165, 1.54) is 0 Å². The van der Waals surface area contributed by atoms with E-state index in [-0.39, 0.29) is 0 Å². The quantitative estimate of drug-likeness (QED) is 0.551. The summed E-state index contributed by atoms with van der Waals surface area (Å²) < 4.78 is 4.95. The minimum absolute atomic E-state index is 0.394. The van der Waals surface area contributed by atoms with Crippen LogP contribution in [0.5, 0.6) is 0 Å². The molecule has 2 aromatic rings. The van der Waals surface area contributed by atoms with Gasteiger partial charge in [0.2, 0.25) is 0 Å². The molecule has 2 fully saturated rings. The number of imide groups is 1. The number of carbonyl (C=O) groups is 4. The summed E-state index contributed by atoms with van der Waals surface area (Å²) in [5.74, 6) is -1.71. The Morgan fingerprint density at radius 2 is 1.61 bits per heavy atom. The predicted molar refractivity (Wildman–Crippen MR) is 113 cm³/mol. The fraction of sp³-hybridized carbons (Fsp3) is 0.304. The number of benzene rings is 2. The molecule has 31 heavy (non-hydrogen) atoms. The van der Waals surface area contributed by atoms with Crippen LogP contribution in [0.1, 0.15) is 25.7 Å². The van der Waals surface area contributed by atoms with Crippen LogP contribution in [0.25, 0.3) is 11.1 Å². The number of ether oxygens (including phenoxy) is 1. The molecule has 4 rings (SSSR count). The van der Waals surface area contributed by atoms with Crippen molar-refractivity contribution in [2.24, 2.45) is 0 Å². The van der Waals surface area contributed by atoms with E-state index in [4.69, 9.17) is 4.74 Å². The second-order valence-corrected chi connectivity index (χ2v) is 7.76. The first-order valence-corrected chi connectivity index (χ1v) is 10.2. The second kappa shape index (κ2) is 8.59. The van der Waals surface area contributed by atoms with E-state index in [0.29, 0.717) is 18.5 Å². The summed E-state index contributed by atoms with van der Waals surface area (Å²) in [5, 5.41) is 5.35. The molecule has 2 N–H and O–H groups in total. The summed E-state index contributed by atoms with van der Waals surface area (Å²) in [5.41, 5.74) is 1.77. The Morgan fingerprint density at radius 3 is 2.29 bits per heavy atom. The zero-order chi connectivity index (χ0) is 21.8. The molecule has 160 valence electrons. The van der Waals surface area contributed by atoms with Crippen LogP contribution < -0.4 is 10.6 Å². The van der Waals surface area contributed by atoms with Gasteiger partial charge in [-0.15, -0.1) is 0 Å². The van der Waals surface area contributed by atoms with Gasteiger partial charge < -0.3 is 15.4 Å². The average Bonchev–Trinajstić information content (AvgIpc) is 3.34. The topological polar surface area (TPSA) is 105 Å². The van der Waals surface area contributed by atoms with Crippen molar-refractivity contribution < 1.29 is 23.9 Å². The molecule has 2 aromatic carbocycles. The first kappa shape index (κ1) is 20.6. The van der Waals surface area contributed by atoms with Crippen molar-refractivity contribution in [2.45, 2.75) is 31.2 Å². The van der Waals surface area contributed by atoms with Gasteiger partial charge in [0.05, 0.1) is 0 Å². The highest BCUT2D eigenvalue weighted by Crippen LogP contribution is 2.34. The zero-order valence-corrected chi connectivity index (χ0v) is 16.9. The van der Waals surface area contributed by atoms with Gasteiger partial charge in [-0.1, -0.05) is 55.3 Å². The van der Waals surface area contributed by atoms with Gasteiger partial charge in [-0.05, 0) is 36.1 Å². The van der Waals surface area contributed by atoms with Gasteiger partial charge >= 0.3 is 12.0 Å². The van der Waals surface area contributed by atoms with E-state index in [1.807, 2.05) is 42.5 Å². The number of hydrogen-bond acceptors (Lipinski definition) is 5. The van der Waals surface area contributed by atoms with Crippen molar-refractivity contribution >= 4 is 29.5 Å². The fourth-order valence-corrected chi connectivity index (χ4v) is 4.03. The number of anilines is 1. The molecule has 1 saturated carbocycles. The van der Waals surface area contributed by atoms with Crippen LogP contribution in [-0.2, 0) is 19.1 Å². The van der Waals surface area contributed by atoms with E-state index in [0.717, 1.165) is 28.9 Å². The van der Waals surface area contributed by atoms with E-state index in [1.54, 1.807) is 12.1 Å². The lowest BCUT2D eigenvalue weighted by Gasteiger charge is -2.19. The number of hydrogen-bond donors (Lipinski definition) is 2. The highest BCUT2D eigenvalue weighted by atomic mass is 16.5. The Bertz CT molecular complexity index is 998. The highest BCUT2D eigenvalue weighted by molar-refractivity contribution is 6.09. The maximum atomic E-state index is 12.5. The van der Waals surface area contributed by atoms with Crippen LogP contribution in [0.4, 0.5) is 10.5 Å². The molecule has 0 radical (unpaired) electrons. The molecule has 0 unspecified atom stereocenters. The predicted octanol–water partition coefficient (Wildman–Crippen LogP) is 2.70. The Kier molecular flexibility index (Phi) is 5.70. The maximum absolute atomic E-state index is 12.5. The van der Waals surface area contributed by atoms with Gasteiger partial charge in [-0.3, -0.25) is 19.3 Å². The van der Waals surface area contributed by atoms with E-state index in [9.17, 15) is 19.2 Å². The summed E-state index contributed by atoms with van der Waals surface area (Å²) in [6, 6.07) is 16.5. The number of carbonyl (C=O) groups excluding carboxylic acids is 4. The third kappa shape index (κ3) is 4.42.